The van der Waals surface area contributed by atoms with Gasteiger partial charge in [0.2, 0.25) is 0 Å². The van der Waals surface area contributed by atoms with E-state index in [1.54, 1.807) is 0 Å². The highest BCUT2D eigenvalue weighted by Crippen LogP contribution is 2.40. The minimum absolute atomic E-state index is 0.0660. The van der Waals surface area contributed by atoms with Crippen LogP contribution in [0.5, 0.6) is 0 Å². The van der Waals surface area contributed by atoms with Crippen LogP contribution in [0.4, 0.5) is 0 Å². The van der Waals surface area contributed by atoms with Gasteiger partial charge in [-0.3, -0.25) is 4.79 Å². The molecule has 14 heavy (non-hydrogen) atoms. The first-order chi connectivity index (χ1) is 6.66. The van der Waals surface area contributed by atoms with E-state index < -0.39 is 5.97 Å². The van der Waals surface area contributed by atoms with Gasteiger partial charge in [0, 0.05) is 17.9 Å². The van der Waals surface area contributed by atoms with E-state index in [1.807, 2.05) is 13.0 Å². The van der Waals surface area contributed by atoms with Crippen LogP contribution in [0.15, 0.2) is 10.6 Å². The van der Waals surface area contributed by atoms with Crippen molar-refractivity contribution in [3.8, 4) is 0 Å². The van der Waals surface area contributed by atoms with E-state index >= 15 is 0 Å². The first-order valence-corrected chi connectivity index (χ1v) is 4.85. The molecule has 1 fully saturated rings. The van der Waals surface area contributed by atoms with Crippen molar-refractivity contribution in [1.82, 2.24) is 5.16 Å². The molecule has 1 aliphatic carbocycles. The van der Waals surface area contributed by atoms with Gasteiger partial charge in [0.15, 0.2) is 0 Å². The quantitative estimate of drug-likeness (QED) is 0.799. The third-order valence-electron chi connectivity index (χ3n) is 2.51. The molecule has 0 saturated heterocycles. The maximum atomic E-state index is 10.5. The summed E-state index contributed by atoms with van der Waals surface area (Å²) in [7, 11) is 0. The SMILES string of the molecule is CC(CC(=O)O)c1cc(C2CC2)on1. The lowest BCUT2D eigenvalue weighted by atomic mass is 10.0. The van der Waals surface area contributed by atoms with Crippen molar-refractivity contribution in [1.29, 1.82) is 0 Å². The van der Waals surface area contributed by atoms with Crippen LogP contribution in [0.3, 0.4) is 0 Å². The zero-order valence-corrected chi connectivity index (χ0v) is 8.06. The predicted octanol–water partition coefficient (Wildman–Crippen LogP) is 2.13. The second kappa shape index (κ2) is 3.44. The normalized spacial score (nSPS) is 18.1. The van der Waals surface area contributed by atoms with Gasteiger partial charge in [-0.25, -0.2) is 0 Å². The molecular weight excluding hydrogens is 182 g/mol. The number of carbonyl (C=O) groups is 1. The van der Waals surface area contributed by atoms with E-state index in [1.165, 1.54) is 12.8 Å². The third-order valence-corrected chi connectivity index (χ3v) is 2.51. The Morgan fingerprint density at radius 2 is 2.50 bits per heavy atom. The molecule has 0 amide bonds. The molecular formula is C10H13NO3. The molecule has 1 unspecified atom stereocenters. The first kappa shape index (κ1) is 9.24. The largest absolute Gasteiger partial charge is 0.481 e. The molecule has 0 aromatic carbocycles. The fraction of sp³-hybridized carbons (Fsp3) is 0.600. The number of rotatable bonds is 4. The fourth-order valence-electron chi connectivity index (χ4n) is 1.46. The van der Waals surface area contributed by atoms with Crippen LogP contribution in [0.25, 0.3) is 0 Å². The zero-order valence-electron chi connectivity index (χ0n) is 8.06. The lowest BCUT2D eigenvalue weighted by Gasteiger charge is -2.01. The molecule has 1 aromatic heterocycles. The summed E-state index contributed by atoms with van der Waals surface area (Å²) in [6.07, 6.45) is 2.44. The number of carboxylic acid groups (broad SMARTS) is 1. The molecule has 0 radical (unpaired) electrons. The van der Waals surface area contributed by atoms with Gasteiger partial charge in [-0.1, -0.05) is 12.1 Å². The number of hydrogen-bond acceptors (Lipinski definition) is 3. The number of aromatic nitrogens is 1. The summed E-state index contributed by atoms with van der Waals surface area (Å²) in [5, 5.41) is 12.5. The summed E-state index contributed by atoms with van der Waals surface area (Å²) < 4.78 is 5.15. The molecule has 2 rings (SSSR count). The van der Waals surface area contributed by atoms with E-state index in [-0.39, 0.29) is 12.3 Å². The van der Waals surface area contributed by atoms with Crippen LogP contribution in [0, 0.1) is 0 Å². The molecule has 1 atom stereocenters. The minimum atomic E-state index is -0.798. The lowest BCUT2D eigenvalue weighted by Crippen LogP contribution is -2.02. The van der Waals surface area contributed by atoms with E-state index in [0.29, 0.717) is 5.92 Å². The van der Waals surface area contributed by atoms with Crippen LogP contribution in [0.2, 0.25) is 0 Å². The Kier molecular flexibility index (Phi) is 2.27. The molecule has 76 valence electrons. The summed E-state index contributed by atoms with van der Waals surface area (Å²) in [4.78, 5) is 10.5. The van der Waals surface area contributed by atoms with Gasteiger partial charge in [0.05, 0.1) is 12.1 Å². The van der Waals surface area contributed by atoms with Gasteiger partial charge in [-0.2, -0.15) is 0 Å². The first-order valence-electron chi connectivity index (χ1n) is 4.85. The second-order valence-corrected chi connectivity index (χ2v) is 3.93. The van der Waals surface area contributed by atoms with Gasteiger partial charge < -0.3 is 9.63 Å². The Balaban J connectivity index is 2.03. The molecule has 4 nitrogen and oxygen atoms in total. The summed E-state index contributed by atoms with van der Waals surface area (Å²) in [5.74, 6) is 0.586. The summed E-state index contributed by atoms with van der Waals surface area (Å²) in [6, 6.07) is 1.89. The van der Waals surface area contributed by atoms with E-state index in [2.05, 4.69) is 5.16 Å². The summed E-state index contributed by atoms with van der Waals surface area (Å²) in [5.41, 5.74) is 0.759. The molecule has 0 bridgehead atoms. The maximum absolute atomic E-state index is 10.5. The van der Waals surface area contributed by atoms with Gasteiger partial charge in [0.1, 0.15) is 5.76 Å². The van der Waals surface area contributed by atoms with Crippen LogP contribution in [-0.2, 0) is 4.79 Å². The third kappa shape index (κ3) is 1.95. The van der Waals surface area contributed by atoms with Crippen molar-refractivity contribution in [2.24, 2.45) is 0 Å². The van der Waals surface area contributed by atoms with Crippen molar-refractivity contribution < 1.29 is 14.4 Å². The number of aliphatic carboxylic acids is 1. The van der Waals surface area contributed by atoms with Gasteiger partial charge in [-0.15, -0.1) is 0 Å². The van der Waals surface area contributed by atoms with Crippen LogP contribution in [0.1, 0.15) is 49.5 Å². The monoisotopic (exact) mass is 195 g/mol. The van der Waals surface area contributed by atoms with Gasteiger partial charge >= 0.3 is 5.97 Å². The highest BCUT2D eigenvalue weighted by atomic mass is 16.5. The van der Waals surface area contributed by atoms with E-state index in [9.17, 15) is 4.79 Å². The standard InChI is InChI=1S/C10H13NO3/c1-6(4-10(12)13)8-5-9(14-11-8)7-2-3-7/h5-7H,2-4H2,1H3,(H,12,13). The fourth-order valence-corrected chi connectivity index (χ4v) is 1.46. The average Bonchev–Trinajstić information content (AvgIpc) is 2.82. The second-order valence-electron chi connectivity index (χ2n) is 3.93. The summed E-state index contributed by atoms with van der Waals surface area (Å²) in [6.45, 7) is 1.85. The van der Waals surface area contributed by atoms with E-state index in [4.69, 9.17) is 9.63 Å². The lowest BCUT2D eigenvalue weighted by molar-refractivity contribution is -0.137. The number of carboxylic acids is 1. The van der Waals surface area contributed by atoms with E-state index in [0.717, 1.165) is 11.5 Å². The minimum Gasteiger partial charge on any atom is -0.481 e. The average molecular weight is 195 g/mol. The molecule has 1 saturated carbocycles. The Labute approximate surface area is 81.9 Å². The number of nitrogens with zero attached hydrogens (tertiary/aromatic N) is 1. The molecule has 4 heteroatoms. The van der Waals surface area contributed by atoms with Gasteiger partial charge in [0.25, 0.3) is 0 Å². The van der Waals surface area contributed by atoms with Crippen molar-refractivity contribution >= 4 is 5.97 Å². The zero-order chi connectivity index (χ0) is 10.1. The molecule has 0 aliphatic heterocycles. The van der Waals surface area contributed by atoms with Crippen LogP contribution >= 0.6 is 0 Å². The molecule has 1 aliphatic rings. The van der Waals surface area contributed by atoms with Crippen molar-refractivity contribution in [2.45, 2.75) is 38.0 Å². The van der Waals surface area contributed by atoms with Gasteiger partial charge in [-0.05, 0) is 12.8 Å². The Bertz CT molecular complexity index is 341. The summed E-state index contributed by atoms with van der Waals surface area (Å²) >= 11 is 0. The van der Waals surface area contributed by atoms with Crippen molar-refractivity contribution in [3.63, 3.8) is 0 Å². The predicted molar refractivity (Wildman–Crippen MR) is 49.1 cm³/mol. The number of hydrogen-bond donors (Lipinski definition) is 1. The molecule has 1 heterocycles. The Morgan fingerprint density at radius 1 is 1.79 bits per heavy atom. The highest BCUT2D eigenvalue weighted by Gasteiger charge is 2.28. The molecule has 1 N–H and O–H groups in total. The Morgan fingerprint density at radius 3 is 3.07 bits per heavy atom. The molecule has 0 spiro atoms. The highest BCUT2D eigenvalue weighted by molar-refractivity contribution is 5.67. The molecule has 1 aromatic rings. The smallest absolute Gasteiger partial charge is 0.304 e. The maximum Gasteiger partial charge on any atom is 0.304 e. The van der Waals surface area contributed by atoms with Crippen molar-refractivity contribution in [3.05, 3.63) is 17.5 Å². The Hall–Kier alpha value is -1.32. The van der Waals surface area contributed by atoms with Crippen molar-refractivity contribution in [2.75, 3.05) is 0 Å². The topological polar surface area (TPSA) is 63.3 Å². The van der Waals surface area contributed by atoms with Crippen LogP contribution < -0.4 is 0 Å². The van der Waals surface area contributed by atoms with Crippen LogP contribution in [-0.4, -0.2) is 16.2 Å².